The van der Waals surface area contributed by atoms with Gasteiger partial charge in [0, 0.05) is 11.9 Å². The Labute approximate surface area is 134 Å². The van der Waals surface area contributed by atoms with Crippen LogP contribution in [0.3, 0.4) is 0 Å². The molecule has 1 aliphatic heterocycles. The van der Waals surface area contributed by atoms with Crippen molar-refractivity contribution in [3.05, 3.63) is 51.4 Å². The van der Waals surface area contributed by atoms with Crippen molar-refractivity contribution >= 4 is 21.7 Å². The quantitative estimate of drug-likeness (QED) is 0.871. The lowest BCUT2D eigenvalue weighted by molar-refractivity contribution is 0.483. The van der Waals surface area contributed by atoms with Crippen molar-refractivity contribution in [1.29, 1.82) is 0 Å². The summed E-state index contributed by atoms with van der Waals surface area (Å²) in [6.45, 7) is 3.79. The van der Waals surface area contributed by atoms with Gasteiger partial charge in [0.25, 0.3) is 5.56 Å². The van der Waals surface area contributed by atoms with Gasteiger partial charge in [-0.3, -0.25) is 14.9 Å². The van der Waals surface area contributed by atoms with Crippen molar-refractivity contribution in [3.8, 4) is 0 Å². The van der Waals surface area contributed by atoms with Gasteiger partial charge in [0.1, 0.15) is 0 Å². The van der Waals surface area contributed by atoms with Crippen molar-refractivity contribution in [2.75, 3.05) is 11.5 Å². The van der Waals surface area contributed by atoms with Gasteiger partial charge >= 0.3 is 0 Å². The van der Waals surface area contributed by atoms with Crippen LogP contribution in [0.2, 0.25) is 0 Å². The number of sulfone groups is 1. The molecule has 3 rings (SSSR count). The molecule has 2 heterocycles. The smallest absolute Gasteiger partial charge is 0.275 e. The summed E-state index contributed by atoms with van der Waals surface area (Å²) in [6.07, 6.45) is 2.01. The molecule has 1 atom stereocenters. The molecule has 1 N–H and O–H groups in total. The minimum absolute atomic E-state index is 0.0153. The lowest BCUT2D eigenvalue weighted by Crippen LogP contribution is -2.25. The van der Waals surface area contributed by atoms with Crippen LogP contribution < -0.4 is 5.56 Å². The number of H-pyrrole nitrogens is 1. The molecular formula is C16H19N3O3S. The van der Waals surface area contributed by atoms with Crippen LogP contribution >= 0.6 is 0 Å². The Bertz CT molecular complexity index is 905. The highest BCUT2D eigenvalue weighted by atomic mass is 32.2. The van der Waals surface area contributed by atoms with E-state index >= 15 is 0 Å². The minimum atomic E-state index is -3.04. The van der Waals surface area contributed by atoms with Crippen molar-refractivity contribution in [1.82, 2.24) is 9.78 Å². The Kier molecular flexibility index (Phi) is 3.97. The van der Waals surface area contributed by atoms with Crippen LogP contribution in [-0.2, 0) is 9.84 Å². The maximum atomic E-state index is 12.5. The lowest BCUT2D eigenvalue weighted by Gasteiger charge is -2.07. The zero-order valence-electron chi connectivity index (χ0n) is 13.1. The molecule has 0 unspecified atom stereocenters. The highest BCUT2D eigenvalue weighted by Gasteiger charge is 2.31. The summed E-state index contributed by atoms with van der Waals surface area (Å²) in [5.74, 6) is 0.149. The number of hydrogen-bond acceptors (Lipinski definition) is 4. The topological polar surface area (TPSA) is 84.3 Å². The molecule has 2 aromatic rings. The fraction of sp³-hybridized carbons (Fsp3) is 0.375. The zero-order valence-corrected chi connectivity index (χ0v) is 13.9. The average molecular weight is 333 g/mol. The monoisotopic (exact) mass is 333 g/mol. The summed E-state index contributed by atoms with van der Waals surface area (Å²) >= 11 is 0. The van der Waals surface area contributed by atoms with Crippen LogP contribution in [0.25, 0.3) is 0 Å². The van der Waals surface area contributed by atoms with Crippen LogP contribution in [-0.4, -0.2) is 35.9 Å². The predicted octanol–water partition coefficient (Wildman–Crippen LogP) is 1.90. The van der Waals surface area contributed by atoms with Crippen molar-refractivity contribution < 1.29 is 8.42 Å². The molecule has 1 saturated heterocycles. The Hall–Kier alpha value is -2.15. The van der Waals surface area contributed by atoms with Crippen LogP contribution in [0, 0.1) is 13.8 Å². The van der Waals surface area contributed by atoms with Gasteiger partial charge in [-0.1, -0.05) is 17.7 Å². The second-order valence-electron chi connectivity index (χ2n) is 5.98. The largest absolute Gasteiger partial charge is 0.299 e. The van der Waals surface area contributed by atoms with Gasteiger partial charge in [0.2, 0.25) is 0 Å². The number of rotatable bonds is 3. The van der Waals surface area contributed by atoms with Crippen LogP contribution in [0.15, 0.2) is 34.1 Å². The molecule has 0 bridgehead atoms. The summed E-state index contributed by atoms with van der Waals surface area (Å²) < 4.78 is 24.6. The molecule has 0 aliphatic carbocycles. The summed E-state index contributed by atoms with van der Waals surface area (Å²) in [5, 5.41) is 2.99. The number of aryl methyl sites for hydroxylation is 2. The third-order valence-electron chi connectivity index (χ3n) is 4.09. The molecule has 0 radical (unpaired) electrons. The highest BCUT2D eigenvalue weighted by molar-refractivity contribution is 7.91. The second kappa shape index (κ2) is 5.81. The van der Waals surface area contributed by atoms with E-state index in [9.17, 15) is 13.2 Å². The van der Waals surface area contributed by atoms with Gasteiger partial charge in [-0.15, -0.1) is 0 Å². The van der Waals surface area contributed by atoms with Gasteiger partial charge in [0.05, 0.1) is 28.8 Å². The zero-order chi connectivity index (χ0) is 16.6. The number of aliphatic imine (C=N–C) groups is 1. The standard InChI is InChI=1S/C16H19N3O3S/c1-11-3-5-13(6-4-11)17-9-15-12(2)18-19(16(15)20)14-7-8-23(21,22)10-14/h3-6,9,14,18H,7-8,10H2,1-2H3/t14-/m1/s1. The number of aromatic nitrogens is 2. The maximum Gasteiger partial charge on any atom is 0.275 e. The second-order valence-corrected chi connectivity index (χ2v) is 8.20. The minimum Gasteiger partial charge on any atom is -0.299 e. The fourth-order valence-electron chi connectivity index (χ4n) is 2.74. The molecular weight excluding hydrogens is 314 g/mol. The number of nitrogens with zero attached hydrogens (tertiary/aromatic N) is 2. The van der Waals surface area contributed by atoms with E-state index in [1.54, 1.807) is 13.1 Å². The molecule has 0 saturated carbocycles. The van der Waals surface area contributed by atoms with E-state index < -0.39 is 9.84 Å². The molecule has 23 heavy (non-hydrogen) atoms. The molecule has 122 valence electrons. The first-order chi connectivity index (χ1) is 10.9. The number of nitrogens with one attached hydrogen (secondary N) is 1. The molecule has 0 spiro atoms. The van der Waals surface area contributed by atoms with Gasteiger partial charge < -0.3 is 0 Å². The third-order valence-corrected chi connectivity index (χ3v) is 5.84. The van der Waals surface area contributed by atoms with E-state index in [0.29, 0.717) is 17.7 Å². The Morgan fingerprint density at radius 1 is 1.26 bits per heavy atom. The van der Waals surface area contributed by atoms with E-state index in [0.717, 1.165) is 11.3 Å². The summed E-state index contributed by atoms with van der Waals surface area (Å²) in [6, 6.07) is 7.37. The molecule has 1 fully saturated rings. The Balaban J connectivity index is 1.89. The molecule has 0 amide bonds. The average Bonchev–Trinajstić information content (AvgIpc) is 2.99. The van der Waals surface area contributed by atoms with Crippen LogP contribution in [0.1, 0.15) is 29.3 Å². The summed E-state index contributed by atoms with van der Waals surface area (Å²) in [4.78, 5) is 16.8. The SMILES string of the molecule is Cc1ccc(N=Cc2c(C)[nH]n([C@@H]3CCS(=O)(=O)C3)c2=O)cc1. The lowest BCUT2D eigenvalue weighted by atomic mass is 10.2. The van der Waals surface area contributed by atoms with Crippen LogP contribution in [0.5, 0.6) is 0 Å². The Morgan fingerprint density at radius 3 is 2.57 bits per heavy atom. The first kappa shape index (κ1) is 15.7. The number of aromatic amines is 1. The van der Waals surface area contributed by atoms with Crippen LogP contribution in [0.4, 0.5) is 5.69 Å². The molecule has 6 nitrogen and oxygen atoms in total. The molecule has 1 aromatic carbocycles. The van der Waals surface area contributed by atoms with E-state index in [4.69, 9.17) is 0 Å². The van der Waals surface area contributed by atoms with Gasteiger partial charge in [-0.25, -0.2) is 13.1 Å². The predicted molar refractivity (Wildman–Crippen MR) is 90.5 cm³/mol. The maximum absolute atomic E-state index is 12.5. The molecule has 1 aromatic heterocycles. The first-order valence-corrected chi connectivity index (χ1v) is 9.30. The first-order valence-electron chi connectivity index (χ1n) is 7.48. The fourth-order valence-corrected chi connectivity index (χ4v) is 4.44. The molecule has 1 aliphatic rings. The number of hydrogen-bond donors (Lipinski definition) is 1. The Morgan fingerprint density at radius 2 is 1.96 bits per heavy atom. The van der Waals surface area contributed by atoms with E-state index in [1.807, 2.05) is 31.2 Å². The van der Waals surface area contributed by atoms with Crippen molar-refractivity contribution in [2.45, 2.75) is 26.3 Å². The third kappa shape index (κ3) is 3.29. The van der Waals surface area contributed by atoms with Gasteiger partial charge in [-0.05, 0) is 32.4 Å². The van der Waals surface area contributed by atoms with Gasteiger partial charge in [0.15, 0.2) is 9.84 Å². The van der Waals surface area contributed by atoms with Gasteiger partial charge in [-0.2, -0.15) is 0 Å². The van der Waals surface area contributed by atoms with E-state index in [1.165, 1.54) is 4.68 Å². The highest BCUT2D eigenvalue weighted by Crippen LogP contribution is 2.22. The van der Waals surface area contributed by atoms with Crippen molar-refractivity contribution in [3.63, 3.8) is 0 Å². The van der Waals surface area contributed by atoms with E-state index in [2.05, 4.69) is 10.1 Å². The molecule has 7 heteroatoms. The number of benzene rings is 1. The van der Waals surface area contributed by atoms with Crippen molar-refractivity contribution in [2.24, 2.45) is 4.99 Å². The summed E-state index contributed by atoms with van der Waals surface area (Å²) in [7, 11) is -3.04. The summed E-state index contributed by atoms with van der Waals surface area (Å²) in [5.41, 5.74) is 2.85. The van der Waals surface area contributed by atoms with E-state index in [-0.39, 0.29) is 23.1 Å². The normalized spacial score (nSPS) is 20.3.